The van der Waals surface area contributed by atoms with Gasteiger partial charge >= 0.3 is 11.9 Å². The zero-order valence-electron chi connectivity index (χ0n) is 13.4. The first-order valence-electron chi connectivity index (χ1n) is 7.29. The summed E-state index contributed by atoms with van der Waals surface area (Å²) in [5, 5.41) is 3.31. The van der Waals surface area contributed by atoms with Gasteiger partial charge in [-0.1, -0.05) is 11.8 Å². The lowest BCUT2D eigenvalue weighted by Crippen LogP contribution is -2.27. The van der Waals surface area contributed by atoms with Gasteiger partial charge in [0.2, 0.25) is 5.91 Å². The number of thiazole rings is 1. The van der Waals surface area contributed by atoms with Gasteiger partial charge in [0.1, 0.15) is 0 Å². The van der Waals surface area contributed by atoms with Crippen LogP contribution in [-0.2, 0) is 30.3 Å². The highest BCUT2D eigenvalue weighted by Gasteiger charge is 2.27. The Morgan fingerprint density at radius 2 is 2.25 bits per heavy atom. The molecule has 0 aliphatic carbocycles. The quantitative estimate of drug-likeness (QED) is 0.409. The topological polar surface area (TPSA) is 85.8 Å². The maximum absolute atomic E-state index is 11.8. The number of rotatable bonds is 7. The molecular weight excluding hydrogens is 352 g/mol. The molecule has 0 radical (unpaired) electrons. The Labute approximate surface area is 148 Å². The van der Waals surface area contributed by atoms with Gasteiger partial charge in [0.05, 0.1) is 47.7 Å². The first-order valence-corrected chi connectivity index (χ1v) is 9.15. The molecule has 1 aliphatic rings. The van der Waals surface area contributed by atoms with Crippen LogP contribution in [0.4, 0.5) is 0 Å². The second-order valence-corrected chi connectivity index (χ2v) is 7.01. The zero-order chi connectivity index (χ0) is 17.5. The average molecular weight is 370 g/mol. The predicted octanol–water partition coefficient (Wildman–Crippen LogP) is 1.52. The van der Waals surface area contributed by atoms with E-state index in [0.29, 0.717) is 29.4 Å². The highest BCUT2D eigenvalue weighted by Crippen LogP contribution is 2.28. The maximum Gasteiger partial charge on any atom is 0.333 e. The van der Waals surface area contributed by atoms with E-state index >= 15 is 0 Å². The van der Waals surface area contributed by atoms with Crippen LogP contribution in [-0.4, -0.2) is 53.7 Å². The van der Waals surface area contributed by atoms with Crippen molar-refractivity contribution in [1.29, 1.82) is 0 Å². The van der Waals surface area contributed by atoms with Crippen LogP contribution >= 0.6 is 23.1 Å². The van der Waals surface area contributed by atoms with Crippen molar-refractivity contribution in [2.75, 3.05) is 26.0 Å². The molecule has 0 aromatic carbocycles. The SMILES string of the molecule is COC(=O)/C=C1/SCC(=O)N1CCCOC(=O)Cc1csc(C)n1. The number of carbonyl (C=O) groups is 3. The van der Waals surface area contributed by atoms with Gasteiger partial charge in [0, 0.05) is 11.9 Å². The predicted molar refractivity (Wildman–Crippen MR) is 90.4 cm³/mol. The Balaban J connectivity index is 1.74. The number of ether oxygens (including phenoxy) is 2. The highest BCUT2D eigenvalue weighted by molar-refractivity contribution is 8.04. The first kappa shape index (κ1) is 18.5. The van der Waals surface area contributed by atoms with Gasteiger partial charge in [-0.2, -0.15) is 0 Å². The summed E-state index contributed by atoms with van der Waals surface area (Å²) >= 11 is 2.78. The van der Waals surface area contributed by atoms with Gasteiger partial charge in [-0.05, 0) is 13.3 Å². The highest BCUT2D eigenvalue weighted by atomic mass is 32.2. The first-order chi connectivity index (χ1) is 11.5. The Morgan fingerprint density at radius 3 is 2.92 bits per heavy atom. The smallest absolute Gasteiger partial charge is 0.333 e. The van der Waals surface area contributed by atoms with Crippen molar-refractivity contribution in [1.82, 2.24) is 9.88 Å². The Bertz CT molecular complexity index is 656. The minimum absolute atomic E-state index is 0.0700. The number of amides is 1. The molecule has 1 amide bonds. The van der Waals surface area contributed by atoms with E-state index < -0.39 is 5.97 Å². The number of aryl methyl sites for hydroxylation is 1. The van der Waals surface area contributed by atoms with Gasteiger partial charge in [-0.15, -0.1) is 11.3 Å². The van der Waals surface area contributed by atoms with Gasteiger partial charge in [0.15, 0.2) is 0 Å². The van der Waals surface area contributed by atoms with Crippen LogP contribution < -0.4 is 0 Å². The number of hydrogen-bond donors (Lipinski definition) is 0. The lowest BCUT2D eigenvalue weighted by Gasteiger charge is -2.16. The summed E-state index contributed by atoms with van der Waals surface area (Å²) in [5.74, 6) is -0.611. The van der Waals surface area contributed by atoms with E-state index in [4.69, 9.17) is 4.74 Å². The summed E-state index contributed by atoms with van der Waals surface area (Å²) in [6, 6.07) is 0. The molecule has 130 valence electrons. The maximum atomic E-state index is 11.8. The molecule has 7 nitrogen and oxygen atoms in total. The molecule has 1 saturated heterocycles. The number of nitrogens with zero attached hydrogens (tertiary/aromatic N) is 2. The fourth-order valence-corrected chi connectivity index (χ4v) is 3.59. The van der Waals surface area contributed by atoms with Gasteiger partial charge in [-0.25, -0.2) is 9.78 Å². The lowest BCUT2D eigenvalue weighted by molar-refractivity contribution is -0.143. The minimum Gasteiger partial charge on any atom is -0.466 e. The number of hydrogen-bond acceptors (Lipinski definition) is 8. The number of methoxy groups -OCH3 is 1. The second kappa shape index (κ2) is 8.84. The fraction of sp³-hybridized carbons (Fsp3) is 0.467. The molecule has 1 aromatic heterocycles. The summed E-state index contributed by atoms with van der Waals surface area (Å²) in [7, 11) is 1.29. The van der Waals surface area contributed by atoms with Gasteiger partial charge in [0.25, 0.3) is 0 Å². The van der Waals surface area contributed by atoms with E-state index in [-0.39, 0.29) is 24.9 Å². The third-order valence-electron chi connectivity index (χ3n) is 3.13. The summed E-state index contributed by atoms with van der Waals surface area (Å²) in [6.45, 7) is 2.48. The molecule has 0 N–H and O–H groups in total. The number of thioether (sulfide) groups is 1. The van der Waals surface area contributed by atoms with Gasteiger partial charge in [-0.3, -0.25) is 9.59 Å². The summed E-state index contributed by atoms with van der Waals surface area (Å²) in [4.78, 5) is 40.6. The Hall–Kier alpha value is -1.87. The third-order valence-corrected chi connectivity index (χ3v) is 4.98. The van der Waals surface area contributed by atoms with Gasteiger partial charge < -0.3 is 14.4 Å². The largest absolute Gasteiger partial charge is 0.466 e. The average Bonchev–Trinajstić information content (AvgIpc) is 3.10. The summed E-state index contributed by atoms with van der Waals surface area (Å²) in [5.41, 5.74) is 0.705. The van der Waals surface area contributed by atoms with E-state index in [9.17, 15) is 14.4 Å². The van der Waals surface area contributed by atoms with Crippen molar-refractivity contribution in [3.05, 3.63) is 27.2 Å². The normalized spacial score (nSPS) is 15.8. The molecule has 0 bridgehead atoms. The van der Waals surface area contributed by atoms with Crippen molar-refractivity contribution in [3.8, 4) is 0 Å². The van der Waals surface area contributed by atoms with Crippen LogP contribution in [0.2, 0.25) is 0 Å². The zero-order valence-corrected chi connectivity index (χ0v) is 15.1. The van der Waals surface area contributed by atoms with E-state index in [1.807, 2.05) is 12.3 Å². The molecule has 2 heterocycles. The van der Waals surface area contributed by atoms with Crippen molar-refractivity contribution in [2.45, 2.75) is 19.8 Å². The van der Waals surface area contributed by atoms with Crippen molar-refractivity contribution >= 4 is 40.9 Å². The molecule has 2 rings (SSSR count). The summed E-state index contributed by atoms with van der Waals surface area (Å²) < 4.78 is 9.73. The standard InChI is InChI=1S/C15H18N2O5S2/c1-10-16-11(8-23-10)6-15(20)22-5-3-4-17-12(18)9-24-13(17)7-14(19)21-2/h7-8H,3-6,9H2,1-2H3/b13-7+. The van der Waals surface area contributed by atoms with Crippen LogP contribution in [0.5, 0.6) is 0 Å². The van der Waals surface area contributed by atoms with Crippen molar-refractivity contribution in [3.63, 3.8) is 0 Å². The van der Waals surface area contributed by atoms with Crippen LogP contribution in [0, 0.1) is 6.92 Å². The Morgan fingerprint density at radius 1 is 1.46 bits per heavy atom. The van der Waals surface area contributed by atoms with E-state index in [0.717, 1.165) is 5.01 Å². The van der Waals surface area contributed by atoms with E-state index in [2.05, 4.69) is 9.72 Å². The van der Waals surface area contributed by atoms with Crippen LogP contribution in [0.1, 0.15) is 17.1 Å². The molecule has 24 heavy (non-hydrogen) atoms. The number of carbonyl (C=O) groups excluding carboxylic acids is 3. The van der Waals surface area contributed by atoms with E-state index in [1.165, 1.54) is 41.2 Å². The molecule has 0 atom stereocenters. The second-order valence-electron chi connectivity index (χ2n) is 4.95. The summed E-state index contributed by atoms with van der Waals surface area (Å²) in [6.07, 6.45) is 1.94. The minimum atomic E-state index is -0.498. The molecule has 1 aliphatic heterocycles. The monoisotopic (exact) mass is 370 g/mol. The third kappa shape index (κ3) is 5.34. The number of aromatic nitrogens is 1. The molecule has 0 spiro atoms. The van der Waals surface area contributed by atoms with E-state index in [1.54, 1.807) is 0 Å². The fourth-order valence-electron chi connectivity index (χ4n) is 2.03. The molecule has 1 fully saturated rings. The molecule has 0 saturated carbocycles. The van der Waals surface area contributed by atoms with Crippen LogP contribution in [0.3, 0.4) is 0 Å². The Kier molecular flexibility index (Phi) is 6.80. The van der Waals surface area contributed by atoms with Crippen LogP contribution in [0.15, 0.2) is 16.5 Å². The van der Waals surface area contributed by atoms with Crippen molar-refractivity contribution in [2.24, 2.45) is 0 Å². The lowest BCUT2D eigenvalue weighted by atomic mass is 10.3. The molecule has 1 aromatic rings. The molecule has 0 unspecified atom stereocenters. The number of esters is 2. The molecular formula is C15H18N2O5S2. The molecule has 9 heteroatoms. The van der Waals surface area contributed by atoms with Crippen molar-refractivity contribution < 1.29 is 23.9 Å². The van der Waals surface area contributed by atoms with Crippen LogP contribution in [0.25, 0.3) is 0 Å².